The maximum Gasteiger partial charge on any atom is 0.410 e. The number of H-pyrrole nitrogens is 1. The summed E-state index contributed by atoms with van der Waals surface area (Å²) in [6.07, 6.45) is 2.46. The van der Waals surface area contributed by atoms with Gasteiger partial charge in [-0.2, -0.15) is 10.1 Å². The Bertz CT molecular complexity index is 1540. The van der Waals surface area contributed by atoms with Crippen LogP contribution in [0.5, 0.6) is 0 Å². The van der Waals surface area contributed by atoms with Gasteiger partial charge in [0.05, 0.1) is 16.8 Å². The summed E-state index contributed by atoms with van der Waals surface area (Å²) in [6.45, 7) is 6.48. The quantitative estimate of drug-likeness (QED) is 0.320. The Labute approximate surface area is 210 Å². The Morgan fingerprint density at radius 3 is 2.70 bits per heavy atom. The second-order valence-corrected chi connectivity index (χ2v) is 9.85. The Morgan fingerprint density at radius 2 is 2.00 bits per heavy atom. The average molecular weight is 508 g/mol. The molecule has 1 saturated heterocycles. The third-order valence-electron chi connectivity index (χ3n) is 6.07. The first kappa shape index (κ1) is 24.2. The first-order valence-corrected chi connectivity index (χ1v) is 11.8. The number of nitrogens with one attached hydrogen (secondary N) is 1. The molecule has 0 atom stereocenters. The van der Waals surface area contributed by atoms with E-state index in [1.165, 1.54) is 30.5 Å². The van der Waals surface area contributed by atoms with Crippen molar-refractivity contribution in [1.29, 1.82) is 0 Å². The van der Waals surface area contributed by atoms with Gasteiger partial charge in [-0.3, -0.25) is 14.9 Å². The van der Waals surface area contributed by atoms with Gasteiger partial charge in [0.15, 0.2) is 0 Å². The molecule has 0 unspecified atom stereocenters. The maximum atomic E-state index is 12.6. The molecule has 1 aliphatic rings. The maximum absolute atomic E-state index is 12.6. The van der Waals surface area contributed by atoms with Crippen LogP contribution < -0.4 is 5.56 Å². The number of rotatable bonds is 4. The molecule has 0 spiro atoms. The topological polar surface area (TPSA) is 162 Å². The minimum Gasteiger partial charge on any atom is -0.444 e. The molecule has 4 heterocycles. The zero-order valence-corrected chi connectivity index (χ0v) is 20.5. The molecule has 1 aromatic carbocycles. The minimum atomic E-state index is -0.567. The lowest BCUT2D eigenvalue weighted by atomic mass is 9.93. The second-order valence-electron chi connectivity index (χ2n) is 9.85. The summed E-state index contributed by atoms with van der Waals surface area (Å²) in [7, 11) is 0. The van der Waals surface area contributed by atoms with Crippen molar-refractivity contribution in [2.45, 2.75) is 45.1 Å². The number of hydrogen-bond acceptors (Lipinski definition) is 9. The molecule has 3 aromatic heterocycles. The highest BCUT2D eigenvalue weighted by Gasteiger charge is 2.29. The van der Waals surface area contributed by atoms with Crippen molar-refractivity contribution >= 4 is 17.4 Å². The molecule has 0 saturated carbocycles. The Kier molecular flexibility index (Phi) is 5.97. The van der Waals surface area contributed by atoms with Crippen LogP contribution in [-0.4, -0.2) is 59.3 Å². The number of aromatic amines is 1. The first-order chi connectivity index (χ1) is 17.6. The van der Waals surface area contributed by atoms with Crippen LogP contribution in [0.15, 0.2) is 45.8 Å². The molecular formula is C24H25N7O6. The molecule has 13 heteroatoms. The fourth-order valence-corrected chi connectivity index (χ4v) is 4.35. The zero-order chi connectivity index (χ0) is 26.3. The highest BCUT2D eigenvalue weighted by Crippen LogP contribution is 2.31. The lowest BCUT2D eigenvalue weighted by Gasteiger charge is -2.33. The number of hydrogen-bond donors (Lipinski definition) is 1. The van der Waals surface area contributed by atoms with E-state index in [1.54, 1.807) is 15.5 Å². The van der Waals surface area contributed by atoms with Crippen molar-refractivity contribution in [3.8, 4) is 22.8 Å². The van der Waals surface area contributed by atoms with Gasteiger partial charge in [0, 0.05) is 42.8 Å². The smallest absolute Gasteiger partial charge is 0.410 e. The summed E-state index contributed by atoms with van der Waals surface area (Å²) in [6, 6.07) is 7.42. The number of piperidine rings is 1. The summed E-state index contributed by atoms with van der Waals surface area (Å²) >= 11 is 0. The molecule has 192 valence electrons. The van der Waals surface area contributed by atoms with Crippen LogP contribution in [0, 0.1) is 10.1 Å². The van der Waals surface area contributed by atoms with E-state index in [0.29, 0.717) is 48.4 Å². The van der Waals surface area contributed by atoms with E-state index in [2.05, 4.69) is 20.2 Å². The fourth-order valence-electron chi connectivity index (χ4n) is 4.35. The van der Waals surface area contributed by atoms with E-state index in [4.69, 9.17) is 9.26 Å². The Morgan fingerprint density at radius 1 is 1.24 bits per heavy atom. The molecule has 0 radical (unpaired) electrons. The monoisotopic (exact) mass is 507 g/mol. The zero-order valence-electron chi connectivity index (χ0n) is 20.5. The highest BCUT2D eigenvalue weighted by atomic mass is 16.6. The first-order valence-electron chi connectivity index (χ1n) is 11.8. The molecule has 1 amide bonds. The molecular weight excluding hydrogens is 482 g/mol. The molecule has 1 aliphatic heterocycles. The van der Waals surface area contributed by atoms with Crippen molar-refractivity contribution in [2.75, 3.05) is 13.1 Å². The van der Waals surface area contributed by atoms with Crippen LogP contribution in [0.4, 0.5) is 10.5 Å². The number of nitro benzene ring substituents is 1. The van der Waals surface area contributed by atoms with Crippen LogP contribution in [0.2, 0.25) is 0 Å². The van der Waals surface area contributed by atoms with Crippen molar-refractivity contribution < 1.29 is 19.0 Å². The standard InChI is InChI=1S/C24H25N7O6/c1-24(2,3)36-23(33)29-9-7-14(8-10-29)18-12-19(32)26-21-17(13-25-30(18)21)22-27-20(28-37-22)15-5-4-6-16(11-15)31(34)35/h4-6,11-14H,7-10H2,1-3H3,(H,26,32). The normalized spacial score (nSPS) is 14.7. The number of benzene rings is 1. The van der Waals surface area contributed by atoms with Crippen LogP contribution >= 0.6 is 0 Å². The van der Waals surface area contributed by atoms with E-state index >= 15 is 0 Å². The SMILES string of the molecule is CC(C)(C)OC(=O)N1CCC(c2cc(=O)[nH]c3c(-c4nc(-c5cccc([N+](=O)[O-])c5)no4)cnn23)CC1. The van der Waals surface area contributed by atoms with E-state index in [0.717, 1.165) is 0 Å². The molecule has 0 bridgehead atoms. The van der Waals surface area contributed by atoms with Crippen LogP contribution in [0.3, 0.4) is 0 Å². The minimum absolute atomic E-state index is 0.000601. The molecule has 1 N–H and O–H groups in total. The number of likely N-dealkylation sites (tertiary alicyclic amines) is 1. The van der Waals surface area contributed by atoms with Gasteiger partial charge in [0.2, 0.25) is 5.82 Å². The Hall–Kier alpha value is -4.55. The molecule has 37 heavy (non-hydrogen) atoms. The number of nitro groups is 1. The second kappa shape index (κ2) is 9.15. The largest absolute Gasteiger partial charge is 0.444 e. The summed E-state index contributed by atoms with van der Waals surface area (Å²) < 4.78 is 12.5. The molecule has 0 aliphatic carbocycles. The average Bonchev–Trinajstić information content (AvgIpc) is 3.50. The van der Waals surface area contributed by atoms with Gasteiger partial charge in [-0.05, 0) is 33.6 Å². The van der Waals surface area contributed by atoms with Crippen LogP contribution in [0.25, 0.3) is 28.5 Å². The van der Waals surface area contributed by atoms with Gasteiger partial charge < -0.3 is 19.1 Å². The number of carbonyl (C=O) groups excluding carboxylic acids is 1. The van der Waals surface area contributed by atoms with Gasteiger partial charge in [0.25, 0.3) is 17.1 Å². The van der Waals surface area contributed by atoms with Gasteiger partial charge >= 0.3 is 6.09 Å². The third kappa shape index (κ3) is 4.92. The highest BCUT2D eigenvalue weighted by molar-refractivity contribution is 5.72. The van der Waals surface area contributed by atoms with Crippen molar-refractivity contribution in [2.24, 2.45) is 0 Å². The number of amides is 1. The predicted molar refractivity (Wildman–Crippen MR) is 131 cm³/mol. The van der Waals surface area contributed by atoms with E-state index in [-0.39, 0.29) is 35.0 Å². The van der Waals surface area contributed by atoms with Crippen molar-refractivity contribution in [1.82, 2.24) is 29.6 Å². The number of ether oxygens (including phenoxy) is 1. The number of nitrogens with zero attached hydrogens (tertiary/aromatic N) is 6. The van der Waals surface area contributed by atoms with Crippen LogP contribution in [-0.2, 0) is 4.74 Å². The summed E-state index contributed by atoms with van der Waals surface area (Å²) in [4.78, 5) is 44.4. The molecule has 13 nitrogen and oxygen atoms in total. The van der Waals surface area contributed by atoms with E-state index in [9.17, 15) is 19.7 Å². The van der Waals surface area contributed by atoms with Gasteiger partial charge in [0.1, 0.15) is 16.8 Å². The van der Waals surface area contributed by atoms with Crippen molar-refractivity contribution in [3.63, 3.8) is 0 Å². The molecule has 5 rings (SSSR count). The fraction of sp³-hybridized carbons (Fsp3) is 0.375. The van der Waals surface area contributed by atoms with Crippen molar-refractivity contribution in [3.05, 3.63) is 62.7 Å². The Balaban J connectivity index is 1.41. The summed E-state index contributed by atoms with van der Waals surface area (Å²) in [5.41, 5.74) is 0.991. The van der Waals surface area contributed by atoms with Gasteiger partial charge in [-0.15, -0.1) is 0 Å². The number of non-ortho nitro benzene ring substituents is 1. The van der Waals surface area contributed by atoms with E-state index < -0.39 is 10.5 Å². The lowest BCUT2D eigenvalue weighted by Crippen LogP contribution is -2.41. The predicted octanol–water partition coefficient (Wildman–Crippen LogP) is 3.76. The van der Waals surface area contributed by atoms with Gasteiger partial charge in [-0.25, -0.2) is 9.31 Å². The number of aromatic nitrogens is 5. The molecule has 4 aromatic rings. The van der Waals surface area contributed by atoms with Gasteiger partial charge in [-0.1, -0.05) is 17.3 Å². The summed E-state index contributed by atoms with van der Waals surface area (Å²) in [5, 5.41) is 19.5. The number of carbonyl (C=O) groups is 1. The van der Waals surface area contributed by atoms with Crippen LogP contribution in [0.1, 0.15) is 45.2 Å². The van der Waals surface area contributed by atoms with E-state index in [1.807, 2.05) is 20.8 Å². The number of fused-ring (bicyclic) bond motifs is 1. The summed E-state index contributed by atoms with van der Waals surface area (Å²) in [5.74, 6) is 0.287. The third-order valence-corrected chi connectivity index (χ3v) is 6.07. The molecule has 1 fully saturated rings. The lowest BCUT2D eigenvalue weighted by molar-refractivity contribution is -0.384.